The first-order valence-electron chi connectivity index (χ1n) is 7.14. The number of fused-ring (bicyclic) bond motifs is 1. The second-order valence-corrected chi connectivity index (χ2v) is 5.32. The molecule has 0 atom stereocenters. The van der Waals surface area contributed by atoms with E-state index < -0.39 is 11.5 Å². The molecule has 0 amide bonds. The Hall–Kier alpha value is -2.44. The average molecular weight is 305 g/mol. The van der Waals surface area contributed by atoms with Crippen LogP contribution in [0, 0.1) is 0 Å². The van der Waals surface area contributed by atoms with E-state index in [0.29, 0.717) is 16.9 Å². The van der Waals surface area contributed by atoms with Crippen molar-refractivity contribution >= 4 is 17.3 Å². The summed E-state index contributed by atoms with van der Waals surface area (Å²) >= 11 is 0. The maximum atomic E-state index is 12.4. The molecule has 0 aromatic carbocycles. The zero-order chi connectivity index (χ0) is 16.4. The van der Waals surface area contributed by atoms with E-state index in [-0.39, 0.29) is 24.9 Å². The molecule has 0 fully saturated rings. The van der Waals surface area contributed by atoms with Gasteiger partial charge in [-0.15, -0.1) is 0 Å². The first kappa shape index (κ1) is 15.9. The van der Waals surface area contributed by atoms with E-state index in [1.165, 1.54) is 13.0 Å². The molecule has 7 heteroatoms. The van der Waals surface area contributed by atoms with Gasteiger partial charge in [-0.05, 0) is 19.9 Å². The van der Waals surface area contributed by atoms with Crippen molar-refractivity contribution in [3.63, 3.8) is 0 Å². The van der Waals surface area contributed by atoms with E-state index in [0.717, 1.165) is 4.68 Å². The van der Waals surface area contributed by atoms with Crippen LogP contribution in [-0.2, 0) is 16.1 Å². The van der Waals surface area contributed by atoms with Crippen molar-refractivity contribution in [1.82, 2.24) is 14.2 Å². The van der Waals surface area contributed by atoms with Crippen molar-refractivity contribution < 1.29 is 14.3 Å². The zero-order valence-corrected chi connectivity index (χ0v) is 13.1. The summed E-state index contributed by atoms with van der Waals surface area (Å²) in [6.07, 6.45) is 1.61. The molecule has 7 nitrogen and oxygen atoms in total. The van der Waals surface area contributed by atoms with Crippen LogP contribution in [0.25, 0.3) is 5.52 Å². The van der Waals surface area contributed by atoms with E-state index in [2.05, 4.69) is 5.10 Å². The number of nitrogens with zero attached hydrogens (tertiary/aromatic N) is 3. The predicted octanol–water partition coefficient (Wildman–Crippen LogP) is 1.39. The number of carbonyl (C=O) groups is 2. The van der Waals surface area contributed by atoms with E-state index in [1.807, 2.05) is 13.8 Å². The van der Waals surface area contributed by atoms with Crippen LogP contribution in [0.4, 0.5) is 0 Å². The minimum Gasteiger partial charge on any atom is -0.465 e. The lowest BCUT2D eigenvalue weighted by Crippen LogP contribution is -2.30. The molecule has 0 unspecified atom stereocenters. The van der Waals surface area contributed by atoms with Crippen LogP contribution in [0.5, 0.6) is 0 Å². The molecule has 0 saturated carbocycles. The fourth-order valence-electron chi connectivity index (χ4n) is 2.19. The van der Waals surface area contributed by atoms with Crippen LogP contribution in [0.3, 0.4) is 0 Å². The zero-order valence-electron chi connectivity index (χ0n) is 13.1. The maximum absolute atomic E-state index is 12.4. The molecule has 22 heavy (non-hydrogen) atoms. The van der Waals surface area contributed by atoms with Crippen molar-refractivity contribution in [3.8, 4) is 0 Å². The monoisotopic (exact) mass is 305 g/mol. The highest BCUT2D eigenvalue weighted by Gasteiger charge is 2.17. The van der Waals surface area contributed by atoms with Crippen LogP contribution in [0.1, 0.15) is 49.8 Å². The molecule has 2 aromatic heterocycles. The standard InChI is InChI=1S/C15H19N3O4/c1-5-22-13(20)8-18-15(21)12-6-11(10(4)19)7-17(12)14(16-18)9(2)3/h6-7,9H,5,8H2,1-4H3. The van der Waals surface area contributed by atoms with Crippen LogP contribution < -0.4 is 5.56 Å². The molecule has 0 aliphatic heterocycles. The van der Waals surface area contributed by atoms with Crippen molar-refractivity contribution in [2.24, 2.45) is 0 Å². The first-order valence-corrected chi connectivity index (χ1v) is 7.14. The Morgan fingerprint density at radius 1 is 1.36 bits per heavy atom. The fraction of sp³-hybridized carbons (Fsp3) is 0.467. The highest BCUT2D eigenvalue weighted by molar-refractivity contribution is 5.95. The maximum Gasteiger partial charge on any atom is 0.327 e. The van der Waals surface area contributed by atoms with Gasteiger partial charge < -0.3 is 4.74 Å². The van der Waals surface area contributed by atoms with Gasteiger partial charge in [-0.3, -0.25) is 18.8 Å². The number of Topliss-reactive ketones (excluding diaryl/α,β-unsaturated/α-hetero) is 1. The molecular weight excluding hydrogens is 286 g/mol. The van der Waals surface area contributed by atoms with Gasteiger partial charge in [0.1, 0.15) is 17.9 Å². The summed E-state index contributed by atoms with van der Waals surface area (Å²) in [6.45, 7) is 6.98. The van der Waals surface area contributed by atoms with Crippen molar-refractivity contribution in [2.75, 3.05) is 6.61 Å². The Morgan fingerprint density at radius 3 is 2.59 bits per heavy atom. The minimum absolute atomic E-state index is 0.0174. The minimum atomic E-state index is -0.519. The van der Waals surface area contributed by atoms with E-state index in [1.54, 1.807) is 17.5 Å². The van der Waals surface area contributed by atoms with Crippen LogP contribution in [0.15, 0.2) is 17.1 Å². The molecule has 118 valence electrons. The second kappa shape index (κ2) is 6.13. The third-order valence-corrected chi connectivity index (χ3v) is 3.25. The van der Waals surface area contributed by atoms with E-state index in [4.69, 9.17) is 4.74 Å². The van der Waals surface area contributed by atoms with Gasteiger partial charge in [0.05, 0.1) is 6.61 Å². The Labute approximate surface area is 127 Å². The fourth-order valence-corrected chi connectivity index (χ4v) is 2.19. The summed E-state index contributed by atoms with van der Waals surface area (Å²) < 4.78 is 7.56. The quantitative estimate of drug-likeness (QED) is 0.615. The summed E-state index contributed by atoms with van der Waals surface area (Å²) in [7, 11) is 0. The largest absolute Gasteiger partial charge is 0.465 e. The Morgan fingerprint density at radius 2 is 2.05 bits per heavy atom. The van der Waals surface area contributed by atoms with Crippen LogP contribution >= 0.6 is 0 Å². The molecule has 0 radical (unpaired) electrons. The number of esters is 1. The van der Waals surface area contributed by atoms with Gasteiger partial charge in [-0.25, -0.2) is 4.68 Å². The van der Waals surface area contributed by atoms with Gasteiger partial charge in [0.15, 0.2) is 5.78 Å². The van der Waals surface area contributed by atoms with Crippen molar-refractivity contribution in [2.45, 2.75) is 40.2 Å². The van der Waals surface area contributed by atoms with Gasteiger partial charge in [-0.1, -0.05) is 13.8 Å². The number of hydrogen-bond acceptors (Lipinski definition) is 5. The number of ether oxygens (including phenoxy) is 1. The van der Waals surface area contributed by atoms with Gasteiger partial charge in [0, 0.05) is 17.7 Å². The van der Waals surface area contributed by atoms with Gasteiger partial charge >= 0.3 is 5.97 Å². The molecule has 0 aliphatic carbocycles. The lowest BCUT2D eigenvalue weighted by molar-refractivity contribution is -0.144. The molecule has 2 heterocycles. The van der Waals surface area contributed by atoms with Crippen LogP contribution in [0.2, 0.25) is 0 Å². The molecule has 0 N–H and O–H groups in total. The topological polar surface area (TPSA) is 82.7 Å². The molecule has 0 spiro atoms. The normalized spacial score (nSPS) is 11.1. The molecule has 0 saturated heterocycles. The summed E-state index contributed by atoms with van der Waals surface area (Å²) in [5.74, 6) is -0.0283. The Kier molecular flexibility index (Phi) is 4.44. The molecule has 0 bridgehead atoms. The molecule has 2 rings (SSSR count). The number of aromatic nitrogens is 3. The highest BCUT2D eigenvalue weighted by atomic mass is 16.5. The SMILES string of the molecule is CCOC(=O)Cn1nc(C(C)C)n2cc(C(C)=O)cc2c1=O. The van der Waals surface area contributed by atoms with Gasteiger partial charge in [0.25, 0.3) is 5.56 Å². The lowest BCUT2D eigenvalue weighted by Gasteiger charge is -2.12. The highest BCUT2D eigenvalue weighted by Crippen LogP contribution is 2.15. The van der Waals surface area contributed by atoms with Crippen LogP contribution in [-0.4, -0.2) is 32.5 Å². The summed E-state index contributed by atoms with van der Waals surface area (Å²) in [5, 5.41) is 4.25. The van der Waals surface area contributed by atoms with E-state index in [9.17, 15) is 14.4 Å². The van der Waals surface area contributed by atoms with Gasteiger partial charge in [-0.2, -0.15) is 5.10 Å². The summed E-state index contributed by atoms with van der Waals surface area (Å²) in [6, 6.07) is 1.53. The molecule has 2 aromatic rings. The third-order valence-electron chi connectivity index (χ3n) is 3.25. The third kappa shape index (κ3) is 2.93. The Bertz CT molecular complexity index is 786. The number of hydrogen-bond donors (Lipinski definition) is 0. The molecular formula is C15H19N3O4. The lowest BCUT2D eigenvalue weighted by atomic mass is 10.2. The summed E-state index contributed by atoms with van der Waals surface area (Å²) in [4.78, 5) is 35.6. The average Bonchev–Trinajstić information content (AvgIpc) is 2.87. The summed E-state index contributed by atoms with van der Waals surface area (Å²) in [5.41, 5.74) is 0.341. The van der Waals surface area contributed by atoms with Crippen molar-refractivity contribution in [3.05, 3.63) is 34.0 Å². The number of carbonyl (C=O) groups excluding carboxylic acids is 2. The first-order chi connectivity index (χ1) is 10.3. The number of ketones is 1. The second-order valence-electron chi connectivity index (χ2n) is 5.32. The van der Waals surface area contributed by atoms with Crippen molar-refractivity contribution in [1.29, 1.82) is 0 Å². The predicted molar refractivity (Wildman–Crippen MR) is 80.2 cm³/mol. The smallest absolute Gasteiger partial charge is 0.327 e. The van der Waals surface area contributed by atoms with E-state index >= 15 is 0 Å². The number of rotatable bonds is 5. The Balaban J connectivity index is 2.64. The molecule has 0 aliphatic rings. The van der Waals surface area contributed by atoms with Gasteiger partial charge in [0.2, 0.25) is 0 Å².